The van der Waals surface area contributed by atoms with Crippen molar-refractivity contribution in [2.24, 2.45) is 0 Å². The quantitative estimate of drug-likeness (QED) is 0.684. The number of rotatable bonds is 2. The van der Waals surface area contributed by atoms with Crippen LogP contribution in [0.2, 0.25) is 0 Å². The third-order valence-electron chi connectivity index (χ3n) is 1.61. The SMILES string of the molecule is CCCc1nc(C)c(O)c(=O)[nH]1. The van der Waals surface area contributed by atoms with Gasteiger partial charge in [-0.2, -0.15) is 0 Å². The van der Waals surface area contributed by atoms with Gasteiger partial charge in [-0.05, 0) is 13.3 Å². The van der Waals surface area contributed by atoms with E-state index in [1.165, 1.54) is 0 Å². The second-order valence-corrected chi connectivity index (χ2v) is 2.70. The molecule has 66 valence electrons. The highest BCUT2D eigenvalue weighted by atomic mass is 16.3. The molecule has 0 saturated carbocycles. The second-order valence-electron chi connectivity index (χ2n) is 2.70. The lowest BCUT2D eigenvalue weighted by molar-refractivity contribution is 0.456. The average molecular weight is 168 g/mol. The Morgan fingerprint density at radius 3 is 2.75 bits per heavy atom. The number of hydrogen-bond acceptors (Lipinski definition) is 3. The predicted molar refractivity (Wildman–Crippen MR) is 45.3 cm³/mol. The molecule has 0 aliphatic carbocycles. The van der Waals surface area contributed by atoms with Crippen LogP contribution in [0, 0.1) is 6.92 Å². The van der Waals surface area contributed by atoms with Gasteiger partial charge in [-0.1, -0.05) is 6.92 Å². The zero-order valence-corrected chi connectivity index (χ0v) is 7.22. The first-order chi connectivity index (χ1) is 5.65. The van der Waals surface area contributed by atoms with Crippen LogP contribution >= 0.6 is 0 Å². The molecule has 0 spiro atoms. The standard InChI is InChI=1S/C8H12N2O2/c1-3-4-6-9-5(2)7(11)8(12)10-6/h11H,3-4H2,1-2H3,(H,9,10,12). The van der Waals surface area contributed by atoms with Gasteiger partial charge >= 0.3 is 0 Å². The van der Waals surface area contributed by atoms with Crippen molar-refractivity contribution >= 4 is 0 Å². The van der Waals surface area contributed by atoms with Crippen LogP contribution < -0.4 is 5.56 Å². The smallest absolute Gasteiger partial charge is 0.293 e. The number of aromatic nitrogens is 2. The molecule has 0 amide bonds. The van der Waals surface area contributed by atoms with E-state index in [2.05, 4.69) is 9.97 Å². The van der Waals surface area contributed by atoms with Crippen LogP contribution in [0.25, 0.3) is 0 Å². The number of H-pyrrole nitrogens is 1. The highest BCUT2D eigenvalue weighted by Crippen LogP contribution is 2.05. The first-order valence-electron chi connectivity index (χ1n) is 3.94. The highest BCUT2D eigenvalue weighted by molar-refractivity contribution is 5.21. The molecule has 2 N–H and O–H groups in total. The molecule has 1 rings (SSSR count). The lowest BCUT2D eigenvalue weighted by Crippen LogP contribution is -2.12. The largest absolute Gasteiger partial charge is 0.502 e. The van der Waals surface area contributed by atoms with Crippen molar-refractivity contribution in [3.05, 3.63) is 21.9 Å². The summed E-state index contributed by atoms with van der Waals surface area (Å²) < 4.78 is 0. The molecule has 0 atom stereocenters. The van der Waals surface area contributed by atoms with Gasteiger partial charge in [-0.25, -0.2) is 4.98 Å². The third kappa shape index (κ3) is 1.64. The van der Waals surface area contributed by atoms with Crippen molar-refractivity contribution in [1.29, 1.82) is 0 Å². The van der Waals surface area contributed by atoms with Crippen molar-refractivity contribution in [2.45, 2.75) is 26.7 Å². The van der Waals surface area contributed by atoms with E-state index in [0.717, 1.165) is 12.8 Å². The Labute approximate surface area is 70.3 Å². The van der Waals surface area contributed by atoms with E-state index >= 15 is 0 Å². The van der Waals surface area contributed by atoms with E-state index < -0.39 is 5.56 Å². The molecule has 0 aliphatic rings. The normalized spacial score (nSPS) is 10.2. The Kier molecular flexibility index (Phi) is 2.47. The number of aromatic amines is 1. The van der Waals surface area contributed by atoms with E-state index in [1.807, 2.05) is 6.92 Å². The minimum absolute atomic E-state index is 0.283. The molecule has 0 aromatic carbocycles. The van der Waals surface area contributed by atoms with Gasteiger partial charge in [0.25, 0.3) is 5.56 Å². The van der Waals surface area contributed by atoms with Crippen LogP contribution in [0.5, 0.6) is 5.75 Å². The van der Waals surface area contributed by atoms with Gasteiger partial charge in [0, 0.05) is 6.42 Å². The minimum Gasteiger partial charge on any atom is -0.502 e. The summed E-state index contributed by atoms with van der Waals surface area (Å²) in [4.78, 5) is 17.5. The minimum atomic E-state index is -0.453. The monoisotopic (exact) mass is 168 g/mol. The Hall–Kier alpha value is -1.32. The van der Waals surface area contributed by atoms with Gasteiger partial charge in [-0.15, -0.1) is 0 Å². The Morgan fingerprint density at radius 2 is 2.25 bits per heavy atom. The first-order valence-corrected chi connectivity index (χ1v) is 3.94. The maximum Gasteiger partial charge on any atom is 0.293 e. The first kappa shape index (κ1) is 8.77. The Morgan fingerprint density at radius 1 is 1.58 bits per heavy atom. The molecule has 0 saturated heterocycles. The molecule has 4 heteroatoms. The van der Waals surface area contributed by atoms with E-state index in [4.69, 9.17) is 5.11 Å². The molecule has 0 radical (unpaired) electrons. The fraction of sp³-hybridized carbons (Fsp3) is 0.500. The lowest BCUT2D eigenvalue weighted by Gasteiger charge is -2.00. The van der Waals surface area contributed by atoms with Gasteiger partial charge < -0.3 is 10.1 Å². The van der Waals surface area contributed by atoms with E-state index in [-0.39, 0.29) is 5.75 Å². The zero-order chi connectivity index (χ0) is 9.14. The molecule has 1 aromatic rings. The predicted octanol–water partition coefficient (Wildman–Crippen LogP) is 0.736. The average Bonchev–Trinajstić information content (AvgIpc) is 2.01. The number of aromatic hydroxyl groups is 1. The van der Waals surface area contributed by atoms with E-state index in [0.29, 0.717) is 11.5 Å². The van der Waals surface area contributed by atoms with Crippen molar-refractivity contribution in [3.63, 3.8) is 0 Å². The summed E-state index contributed by atoms with van der Waals surface area (Å²) in [6.07, 6.45) is 1.66. The summed E-state index contributed by atoms with van der Waals surface area (Å²) >= 11 is 0. The lowest BCUT2D eigenvalue weighted by atomic mass is 10.3. The Balaban J connectivity index is 3.13. The van der Waals surface area contributed by atoms with Gasteiger partial charge in [0.05, 0.1) is 5.69 Å². The fourth-order valence-electron chi connectivity index (χ4n) is 0.993. The molecule has 1 aromatic heterocycles. The summed E-state index contributed by atoms with van der Waals surface area (Å²) in [6.45, 7) is 3.62. The summed E-state index contributed by atoms with van der Waals surface area (Å²) in [5.41, 5.74) is -0.0619. The number of nitrogens with one attached hydrogen (secondary N) is 1. The van der Waals surface area contributed by atoms with Crippen molar-refractivity contribution in [3.8, 4) is 5.75 Å². The van der Waals surface area contributed by atoms with Gasteiger partial charge in [0.2, 0.25) is 5.75 Å². The molecule has 1 heterocycles. The van der Waals surface area contributed by atoms with Crippen molar-refractivity contribution < 1.29 is 5.11 Å². The number of nitrogens with zero attached hydrogens (tertiary/aromatic N) is 1. The van der Waals surface area contributed by atoms with Crippen LogP contribution in [0.15, 0.2) is 4.79 Å². The summed E-state index contributed by atoms with van der Waals surface area (Å²) in [7, 11) is 0. The third-order valence-corrected chi connectivity index (χ3v) is 1.61. The molecule has 12 heavy (non-hydrogen) atoms. The van der Waals surface area contributed by atoms with Crippen molar-refractivity contribution in [1.82, 2.24) is 9.97 Å². The molecule has 0 bridgehead atoms. The van der Waals surface area contributed by atoms with E-state index in [9.17, 15) is 4.79 Å². The summed E-state index contributed by atoms with van der Waals surface area (Å²) in [6, 6.07) is 0. The van der Waals surface area contributed by atoms with Crippen LogP contribution in [0.4, 0.5) is 0 Å². The van der Waals surface area contributed by atoms with Crippen molar-refractivity contribution in [2.75, 3.05) is 0 Å². The topological polar surface area (TPSA) is 66.0 Å². The summed E-state index contributed by atoms with van der Waals surface area (Å²) in [5, 5.41) is 9.09. The van der Waals surface area contributed by atoms with Crippen LogP contribution in [-0.2, 0) is 6.42 Å². The van der Waals surface area contributed by atoms with Gasteiger partial charge in [-0.3, -0.25) is 4.79 Å². The highest BCUT2D eigenvalue weighted by Gasteiger charge is 2.04. The molecular formula is C8H12N2O2. The number of hydrogen-bond donors (Lipinski definition) is 2. The Bertz CT molecular complexity index is 330. The molecule has 0 aliphatic heterocycles. The van der Waals surface area contributed by atoms with Gasteiger partial charge in [0.15, 0.2) is 0 Å². The maximum absolute atomic E-state index is 11.0. The summed E-state index contributed by atoms with van der Waals surface area (Å²) in [5.74, 6) is 0.354. The van der Waals surface area contributed by atoms with Crippen LogP contribution in [0.1, 0.15) is 24.9 Å². The number of aryl methyl sites for hydroxylation is 2. The van der Waals surface area contributed by atoms with Crippen LogP contribution in [0.3, 0.4) is 0 Å². The zero-order valence-electron chi connectivity index (χ0n) is 7.22. The molecule has 0 unspecified atom stereocenters. The maximum atomic E-state index is 11.0. The van der Waals surface area contributed by atoms with Crippen LogP contribution in [-0.4, -0.2) is 15.1 Å². The molecule has 0 fully saturated rings. The fourth-order valence-corrected chi connectivity index (χ4v) is 0.993. The molecule has 4 nitrogen and oxygen atoms in total. The van der Waals surface area contributed by atoms with Gasteiger partial charge in [0.1, 0.15) is 5.82 Å². The molecular weight excluding hydrogens is 156 g/mol. The second kappa shape index (κ2) is 3.38. The van der Waals surface area contributed by atoms with E-state index in [1.54, 1.807) is 6.92 Å².